The van der Waals surface area contributed by atoms with Gasteiger partial charge in [-0.3, -0.25) is 39.0 Å². The van der Waals surface area contributed by atoms with E-state index in [-0.39, 0.29) is 70.7 Å². The Kier molecular flexibility index (Phi) is 9.08. The molecule has 56 heavy (non-hydrogen) atoms. The van der Waals surface area contributed by atoms with Crippen molar-refractivity contribution in [3.05, 3.63) is 65.7 Å². The highest BCUT2D eigenvalue weighted by Crippen LogP contribution is 2.65. The summed E-state index contributed by atoms with van der Waals surface area (Å²) in [6.07, 6.45) is 13.9. The van der Waals surface area contributed by atoms with Crippen molar-refractivity contribution >= 4 is 52.5 Å². The van der Waals surface area contributed by atoms with Crippen molar-refractivity contribution in [1.29, 1.82) is 0 Å². The van der Waals surface area contributed by atoms with Crippen molar-refractivity contribution in [2.45, 2.75) is 115 Å². The third-order valence-corrected chi connectivity index (χ3v) is 15.0. The molecule has 0 unspecified atom stereocenters. The van der Waals surface area contributed by atoms with Gasteiger partial charge < -0.3 is 21.3 Å². The lowest BCUT2D eigenvalue weighted by Crippen LogP contribution is -2.59. The number of hydrogen-bond donors (Lipinski definition) is 5. The highest BCUT2D eigenvalue weighted by atomic mass is 16.2. The van der Waals surface area contributed by atoms with Crippen LogP contribution in [0.4, 0.5) is 17.1 Å². The van der Waals surface area contributed by atoms with E-state index >= 15 is 0 Å². The van der Waals surface area contributed by atoms with E-state index in [0.29, 0.717) is 23.4 Å². The summed E-state index contributed by atoms with van der Waals surface area (Å²) < 4.78 is 0. The number of carbonyl (C=O) groups is 6. The van der Waals surface area contributed by atoms with Gasteiger partial charge in [0.1, 0.15) is 6.04 Å². The highest BCUT2D eigenvalue weighted by Gasteiger charge is 2.61. The number of amides is 6. The lowest BCUT2D eigenvalue weighted by Gasteiger charge is -2.58. The summed E-state index contributed by atoms with van der Waals surface area (Å²) in [6.45, 7) is 4.69. The van der Waals surface area contributed by atoms with Crippen LogP contribution < -0.4 is 26.6 Å². The van der Waals surface area contributed by atoms with Crippen LogP contribution in [0.2, 0.25) is 0 Å². The number of imide groups is 2. The van der Waals surface area contributed by atoms with Gasteiger partial charge in [0.05, 0.1) is 11.1 Å². The zero-order valence-corrected chi connectivity index (χ0v) is 32.2. The fraction of sp³-hybridized carbons (Fsp3) is 0.545. The van der Waals surface area contributed by atoms with Gasteiger partial charge >= 0.3 is 0 Å². The van der Waals surface area contributed by atoms with Gasteiger partial charge in [0, 0.05) is 52.9 Å². The second-order valence-corrected chi connectivity index (χ2v) is 18.0. The van der Waals surface area contributed by atoms with Gasteiger partial charge in [-0.05, 0) is 130 Å². The monoisotopic (exact) mass is 760 g/mol. The number of fused-ring (bicyclic) bond motifs is 6. The van der Waals surface area contributed by atoms with Crippen LogP contribution >= 0.6 is 0 Å². The maximum absolute atomic E-state index is 14.1. The fourth-order valence-electron chi connectivity index (χ4n) is 12.2. The van der Waals surface area contributed by atoms with Crippen molar-refractivity contribution in [3.8, 4) is 0 Å². The summed E-state index contributed by atoms with van der Waals surface area (Å²) in [5.74, 6) is -0.385. The third-order valence-electron chi connectivity index (χ3n) is 15.0. The van der Waals surface area contributed by atoms with Crippen molar-refractivity contribution in [2.75, 3.05) is 16.0 Å². The van der Waals surface area contributed by atoms with E-state index < -0.39 is 29.7 Å². The normalized spacial score (nSPS) is 36.1. The molecule has 5 N–H and O–H groups in total. The van der Waals surface area contributed by atoms with Crippen molar-refractivity contribution in [1.82, 2.24) is 15.5 Å². The lowest BCUT2D eigenvalue weighted by molar-refractivity contribution is -0.136. The first-order valence-corrected chi connectivity index (χ1v) is 20.7. The molecule has 3 aliphatic heterocycles. The van der Waals surface area contributed by atoms with E-state index in [0.717, 1.165) is 80.5 Å². The van der Waals surface area contributed by atoms with Gasteiger partial charge in [-0.25, -0.2) is 0 Å². The zero-order valence-electron chi connectivity index (χ0n) is 32.2. The molecule has 294 valence electrons. The molecule has 9 rings (SSSR count). The van der Waals surface area contributed by atoms with Gasteiger partial charge in [-0.1, -0.05) is 32.1 Å². The fourth-order valence-corrected chi connectivity index (χ4v) is 12.2. The summed E-state index contributed by atoms with van der Waals surface area (Å²) in [5.41, 5.74) is 2.75. The Labute approximate surface area is 327 Å². The Morgan fingerprint density at radius 3 is 2.43 bits per heavy atom. The van der Waals surface area contributed by atoms with Gasteiger partial charge in [0.2, 0.25) is 23.6 Å². The Hall–Kier alpha value is -5.00. The molecule has 1 saturated heterocycles. The molecule has 4 aliphatic carbocycles. The van der Waals surface area contributed by atoms with E-state index in [1.807, 2.05) is 24.3 Å². The van der Waals surface area contributed by atoms with E-state index in [1.54, 1.807) is 24.3 Å². The minimum absolute atomic E-state index is 0.0235. The summed E-state index contributed by atoms with van der Waals surface area (Å²) >= 11 is 0. The SMILES string of the molecule is C[C@]12C=CC(=O)N[C@@H]1CC[C@@H]1[C@@H]2CC[C@]2(C)[C@@H](C(=O)Nc3cccc(N[C@@H]4CCC[C@@H](Nc5cccc6c5C(=O)N([C@H]5CCC(=O)NC5=O)C6=O)C4)c3)CC[C@@H]12. The van der Waals surface area contributed by atoms with Gasteiger partial charge in [-0.2, -0.15) is 0 Å². The maximum Gasteiger partial charge on any atom is 0.264 e. The van der Waals surface area contributed by atoms with Crippen LogP contribution in [0.5, 0.6) is 0 Å². The van der Waals surface area contributed by atoms with E-state index in [1.165, 1.54) is 0 Å². The number of hydrogen-bond acceptors (Lipinski definition) is 8. The number of anilines is 3. The second kappa shape index (κ2) is 13.9. The van der Waals surface area contributed by atoms with Crippen molar-refractivity contribution in [2.24, 2.45) is 34.5 Å². The van der Waals surface area contributed by atoms with Crippen LogP contribution in [0.3, 0.4) is 0 Å². The minimum Gasteiger partial charge on any atom is -0.382 e. The topological polar surface area (TPSA) is 166 Å². The van der Waals surface area contributed by atoms with Crippen LogP contribution in [0.25, 0.3) is 0 Å². The van der Waals surface area contributed by atoms with Crippen LogP contribution in [-0.2, 0) is 19.2 Å². The predicted molar refractivity (Wildman–Crippen MR) is 210 cm³/mol. The molecule has 0 radical (unpaired) electrons. The maximum atomic E-state index is 14.1. The zero-order chi connectivity index (χ0) is 38.9. The minimum atomic E-state index is -1.01. The average molecular weight is 761 g/mol. The number of rotatable bonds is 7. The molecule has 7 aliphatic rings. The van der Waals surface area contributed by atoms with Crippen LogP contribution in [0, 0.1) is 34.5 Å². The molecule has 0 spiro atoms. The quantitative estimate of drug-likeness (QED) is 0.222. The Morgan fingerprint density at radius 2 is 1.61 bits per heavy atom. The van der Waals surface area contributed by atoms with Gasteiger partial charge in [0.15, 0.2) is 0 Å². The van der Waals surface area contributed by atoms with Gasteiger partial charge in [0.25, 0.3) is 11.8 Å². The molecule has 0 bridgehead atoms. The molecule has 12 heteroatoms. The summed E-state index contributed by atoms with van der Waals surface area (Å²) in [7, 11) is 0. The number of benzene rings is 2. The first-order valence-electron chi connectivity index (χ1n) is 20.7. The summed E-state index contributed by atoms with van der Waals surface area (Å²) in [5, 5.41) is 16.0. The lowest BCUT2D eigenvalue weighted by atomic mass is 9.48. The number of nitrogens with one attached hydrogen (secondary N) is 5. The molecule has 3 heterocycles. The van der Waals surface area contributed by atoms with Crippen molar-refractivity contribution < 1.29 is 28.8 Å². The average Bonchev–Trinajstić information content (AvgIpc) is 3.65. The smallest absolute Gasteiger partial charge is 0.264 e. The molecule has 12 nitrogen and oxygen atoms in total. The van der Waals surface area contributed by atoms with Crippen molar-refractivity contribution in [3.63, 3.8) is 0 Å². The Bertz CT molecular complexity index is 2050. The van der Waals surface area contributed by atoms with Gasteiger partial charge in [-0.15, -0.1) is 0 Å². The molecule has 2 aromatic carbocycles. The molecule has 0 aromatic heterocycles. The standard InChI is InChI=1S/C44H52N6O6/c1-43-20-18-31-28(12-16-35-44(31,2)21-19-37(52)48-35)30(43)13-14-32(43)39(53)47-27-9-4-7-25(23-27)45-24-6-3-8-26(22-24)46-33-11-5-10-29-38(33)42(56)50(41(29)55)34-15-17-36(51)49-40(34)54/h4-5,7,9-11,19,21,23-24,26,28,30-32,34-35,45-46H,3,6,8,12-18,20,22H2,1-2H3,(H,47,53)(H,48,52)(H,49,51,54)/t24-,26-,28+,30+,31+,32-,34+,35-,43+,44-/m1/s1. The highest BCUT2D eigenvalue weighted by molar-refractivity contribution is 6.25. The first-order chi connectivity index (χ1) is 26.9. The summed E-state index contributed by atoms with van der Waals surface area (Å²) in [4.78, 5) is 78.5. The number of piperidine rings is 1. The first kappa shape index (κ1) is 36.6. The molecule has 10 atom stereocenters. The Balaban J connectivity index is 0.829. The van der Waals surface area contributed by atoms with Crippen LogP contribution in [-0.4, -0.2) is 64.5 Å². The molecule has 2 aromatic rings. The van der Waals surface area contributed by atoms with E-state index in [9.17, 15) is 28.8 Å². The van der Waals surface area contributed by atoms with E-state index in [2.05, 4.69) is 46.5 Å². The predicted octanol–water partition coefficient (Wildman–Crippen LogP) is 5.77. The van der Waals surface area contributed by atoms with E-state index in [4.69, 9.17) is 0 Å². The number of nitrogens with zero attached hydrogens (tertiary/aromatic N) is 1. The van der Waals surface area contributed by atoms with Crippen LogP contribution in [0.15, 0.2) is 54.6 Å². The molecular formula is C44H52N6O6. The van der Waals surface area contributed by atoms with Crippen LogP contribution in [0.1, 0.15) is 112 Å². The largest absolute Gasteiger partial charge is 0.382 e. The third kappa shape index (κ3) is 6.10. The number of carbonyl (C=O) groups excluding carboxylic acids is 6. The Morgan fingerprint density at radius 1 is 0.821 bits per heavy atom. The molecule has 5 fully saturated rings. The molecular weight excluding hydrogens is 709 g/mol. The summed E-state index contributed by atoms with van der Waals surface area (Å²) in [6, 6.07) is 12.5. The molecule has 4 saturated carbocycles. The second-order valence-electron chi connectivity index (χ2n) is 18.0. The molecule has 6 amide bonds.